The van der Waals surface area contributed by atoms with E-state index in [0.717, 1.165) is 5.56 Å². The average Bonchev–Trinajstić information content (AvgIpc) is 3.02. The molecule has 0 saturated carbocycles. The van der Waals surface area contributed by atoms with Gasteiger partial charge in [-0.1, -0.05) is 12.1 Å². The minimum atomic E-state index is -0.327. The molecule has 1 amide bonds. The monoisotopic (exact) mass is 339 g/mol. The molecule has 25 heavy (non-hydrogen) atoms. The van der Waals surface area contributed by atoms with E-state index in [2.05, 4.69) is 0 Å². The van der Waals surface area contributed by atoms with Crippen LogP contribution < -0.4 is 4.90 Å². The average molecular weight is 339 g/mol. The minimum Gasteiger partial charge on any atom is -0.461 e. The number of furan rings is 1. The normalized spacial score (nSPS) is 10.7. The highest BCUT2D eigenvalue weighted by molar-refractivity contribution is 6.07. The number of hydrogen-bond donors (Lipinski definition) is 1. The standard InChI is InChI=1S/C20H18FNO3/c1-13-18(11-19(25-13)15-6-8-16(21)9-7-15)20(24)22(2)17-5-3-4-14(10-17)12-23/h3-11,23H,12H2,1-2H3. The van der Waals surface area contributed by atoms with Crippen LogP contribution in [0, 0.1) is 12.7 Å². The topological polar surface area (TPSA) is 53.7 Å². The van der Waals surface area contributed by atoms with Gasteiger partial charge in [0, 0.05) is 18.3 Å². The summed E-state index contributed by atoms with van der Waals surface area (Å²) in [5, 5.41) is 9.25. The lowest BCUT2D eigenvalue weighted by atomic mass is 10.1. The first-order valence-corrected chi connectivity index (χ1v) is 7.84. The van der Waals surface area contributed by atoms with Crippen LogP contribution in [0.15, 0.2) is 59.0 Å². The van der Waals surface area contributed by atoms with Gasteiger partial charge in [0.2, 0.25) is 0 Å². The van der Waals surface area contributed by atoms with Gasteiger partial charge >= 0.3 is 0 Å². The van der Waals surface area contributed by atoms with Crippen molar-refractivity contribution in [2.75, 3.05) is 11.9 Å². The molecule has 5 heteroatoms. The number of benzene rings is 2. The molecule has 0 aliphatic rings. The second-order valence-corrected chi connectivity index (χ2v) is 5.78. The van der Waals surface area contributed by atoms with E-state index < -0.39 is 0 Å². The number of anilines is 1. The molecule has 3 aromatic rings. The highest BCUT2D eigenvalue weighted by Gasteiger charge is 2.20. The molecule has 0 atom stereocenters. The van der Waals surface area contributed by atoms with Gasteiger partial charge in [-0.15, -0.1) is 0 Å². The molecule has 1 heterocycles. The summed E-state index contributed by atoms with van der Waals surface area (Å²) in [5.41, 5.74) is 2.55. The van der Waals surface area contributed by atoms with Crippen LogP contribution in [0.4, 0.5) is 10.1 Å². The van der Waals surface area contributed by atoms with E-state index in [0.29, 0.717) is 28.3 Å². The maximum Gasteiger partial charge on any atom is 0.261 e. The molecule has 4 nitrogen and oxygen atoms in total. The highest BCUT2D eigenvalue weighted by atomic mass is 19.1. The van der Waals surface area contributed by atoms with E-state index in [-0.39, 0.29) is 18.3 Å². The number of aryl methyl sites for hydroxylation is 1. The second kappa shape index (κ2) is 6.91. The van der Waals surface area contributed by atoms with Crippen LogP contribution in [0.2, 0.25) is 0 Å². The molecule has 3 rings (SSSR count). The fourth-order valence-corrected chi connectivity index (χ4v) is 2.61. The van der Waals surface area contributed by atoms with Crippen LogP contribution in [-0.4, -0.2) is 18.1 Å². The van der Waals surface area contributed by atoms with Gasteiger partial charge in [0.1, 0.15) is 17.3 Å². The SMILES string of the molecule is Cc1oc(-c2ccc(F)cc2)cc1C(=O)N(C)c1cccc(CO)c1. The van der Waals surface area contributed by atoms with Gasteiger partial charge in [0.15, 0.2) is 0 Å². The number of aliphatic hydroxyl groups is 1. The third kappa shape index (κ3) is 3.46. The smallest absolute Gasteiger partial charge is 0.261 e. The number of aliphatic hydroxyl groups excluding tert-OH is 1. The van der Waals surface area contributed by atoms with Crippen molar-refractivity contribution in [3.63, 3.8) is 0 Å². The summed E-state index contributed by atoms with van der Waals surface area (Å²) >= 11 is 0. The summed E-state index contributed by atoms with van der Waals surface area (Å²) in [6.45, 7) is 1.63. The zero-order chi connectivity index (χ0) is 18.0. The van der Waals surface area contributed by atoms with Crippen LogP contribution >= 0.6 is 0 Å². The molecule has 2 aromatic carbocycles. The molecule has 0 spiro atoms. The molecule has 1 N–H and O–H groups in total. The Balaban J connectivity index is 1.90. The Kier molecular flexibility index (Phi) is 4.67. The van der Waals surface area contributed by atoms with Crippen molar-refractivity contribution in [1.82, 2.24) is 0 Å². The van der Waals surface area contributed by atoms with E-state index in [9.17, 15) is 14.3 Å². The van der Waals surface area contributed by atoms with Crippen molar-refractivity contribution in [2.24, 2.45) is 0 Å². The zero-order valence-electron chi connectivity index (χ0n) is 14.0. The van der Waals surface area contributed by atoms with Crippen LogP contribution in [0.25, 0.3) is 11.3 Å². The lowest BCUT2D eigenvalue weighted by Gasteiger charge is -2.17. The maximum atomic E-state index is 13.1. The first-order valence-electron chi connectivity index (χ1n) is 7.84. The Labute approximate surface area is 145 Å². The second-order valence-electron chi connectivity index (χ2n) is 5.78. The van der Waals surface area contributed by atoms with Crippen LogP contribution in [0.5, 0.6) is 0 Å². The van der Waals surface area contributed by atoms with Gasteiger partial charge in [-0.3, -0.25) is 4.79 Å². The Morgan fingerprint density at radius 3 is 2.56 bits per heavy atom. The third-order valence-electron chi connectivity index (χ3n) is 4.06. The van der Waals surface area contributed by atoms with E-state index in [1.165, 1.54) is 17.0 Å². The van der Waals surface area contributed by atoms with Gasteiger partial charge in [0.05, 0.1) is 12.2 Å². The van der Waals surface area contributed by atoms with E-state index >= 15 is 0 Å². The molecule has 0 aliphatic heterocycles. The van der Waals surface area contributed by atoms with Gasteiger partial charge < -0.3 is 14.4 Å². The van der Waals surface area contributed by atoms with Crippen molar-refractivity contribution in [3.8, 4) is 11.3 Å². The molecule has 0 radical (unpaired) electrons. The molecule has 0 unspecified atom stereocenters. The van der Waals surface area contributed by atoms with Crippen LogP contribution in [-0.2, 0) is 6.61 Å². The number of rotatable bonds is 4. The summed E-state index contributed by atoms with van der Waals surface area (Å²) in [5.74, 6) is 0.462. The fraction of sp³-hybridized carbons (Fsp3) is 0.150. The van der Waals surface area contributed by atoms with Gasteiger partial charge in [-0.25, -0.2) is 4.39 Å². The summed E-state index contributed by atoms with van der Waals surface area (Å²) < 4.78 is 18.7. The summed E-state index contributed by atoms with van der Waals surface area (Å²) in [6.07, 6.45) is 0. The van der Waals surface area contributed by atoms with Gasteiger partial charge in [-0.05, 0) is 55.0 Å². The Bertz CT molecular complexity index is 900. The molecule has 128 valence electrons. The maximum absolute atomic E-state index is 13.1. The quantitative estimate of drug-likeness (QED) is 0.776. The van der Waals surface area contributed by atoms with E-state index in [1.807, 2.05) is 0 Å². The molecular formula is C20H18FNO3. The van der Waals surface area contributed by atoms with Crippen LogP contribution in [0.1, 0.15) is 21.7 Å². The van der Waals surface area contributed by atoms with Gasteiger partial charge in [0.25, 0.3) is 5.91 Å². The number of hydrogen-bond acceptors (Lipinski definition) is 3. The molecule has 1 aromatic heterocycles. The lowest BCUT2D eigenvalue weighted by Crippen LogP contribution is -2.26. The predicted octanol–water partition coefficient (Wildman–Crippen LogP) is 4.16. The Morgan fingerprint density at radius 1 is 1.16 bits per heavy atom. The summed E-state index contributed by atoms with van der Waals surface area (Å²) in [4.78, 5) is 14.3. The first-order chi connectivity index (χ1) is 12.0. The van der Waals surface area contributed by atoms with E-state index in [4.69, 9.17) is 4.42 Å². The Morgan fingerprint density at radius 2 is 1.88 bits per heavy atom. The van der Waals surface area contributed by atoms with Crippen molar-refractivity contribution in [3.05, 3.63) is 77.3 Å². The summed E-state index contributed by atoms with van der Waals surface area (Å²) in [6, 6.07) is 14.7. The molecule has 0 fully saturated rings. The molecular weight excluding hydrogens is 321 g/mol. The number of carbonyl (C=O) groups is 1. The first kappa shape index (κ1) is 16.9. The van der Waals surface area contributed by atoms with E-state index in [1.54, 1.807) is 56.4 Å². The number of amides is 1. The van der Waals surface area contributed by atoms with Crippen molar-refractivity contribution >= 4 is 11.6 Å². The van der Waals surface area contributed by atoms with Crippen LogP contribution in [0.3, 0.4) is 0 Å². The lowest BCUT2D eigenvalue weighted by molar-refractivity contribution is 0.0991. The van der Waals surface area contributed by atoms with Crippen molar-refractivity contribution in [1.29, 1.82) is 0 Å². The molecule has 0 aliphatic carbocycles. The molecule has 0 saturated heterocycles. The summed E-state index contributed by atoms with van der Waals surface area (Å²) in [7, 11) is 1.67. The predicted molar refractivity (Wildman–Crippen MR) is 93.9 cm³/mol. The minimum absolute atomic E-state index is 0.0880. The number of carbonyl (C=O) groups excluding carboxylic acids is 1. The number of nitrogens with zero attached hydrogens (tertiary/aromatic N) is 1. The Hall–Kier alpha value is -2.92. The van der Waals surface area contributed by atoms with Crippen molar-refractivity contribution in [2.45, 2.75) is 13.5 Å². The fourth-order valence-electron chi connectivity index (χ4n) is 2.61. The highest BCUT2D eigenvalue weighted by Crippen LogP contribution is 2.27. The third-order valence-corrected chi connectivity index (χ3v) is 4.06. The largest absolute Gasteiger partial charge is 0.461 e. The zero-order valence-corrected chi connectivity index (χ0v) is 14.0. The number of halogens is 1. The van der Waals surface area contributed by atoms with Gasteiger partial charge in [-0.2, -0.15) is 0 Å². The molecule has 0 bridgehead atoms. The van der Waals surface area contributed by atoms with Crippen molar-refractivity contribution < 1.29 is 18.7 Å².